The van der Waals surface area contributed by atoms with Gasteiger partial charge in [-0.05, 0) is 24.6 Å². The number of anilines is 2. The summed E-state index contributed by atoms with van der Waals surface area (Å²) < 4.78 is 0. The zero-order chi connectivity index (χ0) is 14.0. The molecule has 104 valence electrons. The molecule has 2 rings (SSSR count). The van der Waals surface area contributed by atoms with E-state index in [9.17, 15) is 9.90 Å². The summed E-state index contributed by atoms with van der Waals surface area (Å²) in [6.07, 6.45) is -0.00882. The zero-order valence-electron chi connectivity index (χ0n) is 11.0. The van der Waals surface area contributed by atoms with Gasteiger partial charge in [-0.25, -0.2) is 0 Å². The summed E-state index contributed by atoms with van der Waals surface area (Å²) in [6, 6.07) is 5.04. The van der Waals surface area contributed by atoms with Gasteiger partial charge in [0.1, 0.15) is 0 Å². The molecule has 5 nitrogen and oxygen atoms in total. The molecule has 1 saturated heterocycles. The lowest BCUT2D eigenvalue weighted by Gasteiger charge is -2.16. The first-order chi connectivity index (χ1) is 8.97. The maximum atomic E-state index is 12.0. The Morgan fingerprint density at radius 2 is 2.26 bits per heavy atom. The highest BCUT2D eigenvalue weighted by Gasteiger charge is 2.28. The van der Waals surface area contributed by atoms with E-state index in [1.54, 1.807) is 6.07 Å². The molecule has 1 fully saturated rings. The number of carbonyl (C=O) groups excluding carboxylic acids is 1. The zero-order valence-corrected chi connectivity index (χ0v) is 11.7. The Morgan fingerprint density at radius 1 is 1.53 bits per heavy atom. The summed E-state index contributed by atoms with van der Waals surface area (Å²) in [5, 5.41) is 15.7. The molecule has 19 heavy (non-hydrogen) atoms. The van der Waals surface area contributed by atoms with Gasteiger partial charge in [0.2, 0.25) is 5.91 Å². The summed E-state index contributed by atoms with van der Waals surface area (Å²) in [7, 11) is 3.81. The fourth-order valence-electron chi connectivity index (χ4n) is 2.09. The van der Waals surface area contributed by atoms with Crippen molar-refractivity contribution in [2.24, 2.45) is 0 Å². The largest absolute Gasteiger partial charge is 0.392 e. The molecule has 3 N–H and O–H groups in total. The van der Waals surface area contributed by atoms with E-state index in [0.29, 0.717) is 23.7 Å². The third kappa shape index (κ3) is 3.37. The van der Waals surface area contributed by atoms with Gasteiger partial charge in [-0.15, -0.1) is 0 Å². The molecule has 2 atom stereocenters. The molecule has 1 amide bonds. The first-order valence-corrected chi connectivity index (χ1v) is 6.54. The monoisotopic (exact) mass is 283 g/mol. The van der Waals surface area contributed by atoms with E-state index >= 15 is 0 Å². The number of amides is 1. The van der Waals surface area contributed by atoms with E-state index < -0.39 is 6.10 Å². The van der Waals surface area contributed by atoms with Crippen molar-refractivity contribution in [3.8, 4) is 0 Å². The Labute approximate surface area is 117 Å². The Hall–Kier alpha value is -1.30. The molecule has 1 aromatic carbocycles. The molecule has 0 saturated carbocycles. The normalized spacial score (nSPS) is 22.3. The van der Waals surface area contributed by atoms with Crippen LogP contribution in [0, 0.1) is 0 Å². The number of aliphatic hydroxyl groups is 1. The lowest BCUT2D eigenvalue weighted by molar-refractivity contribution is -0.117. The minimum atomic E-state index is -0.449. The lowest BCUT2D eigenvalue weighted by atomic mass is 10.2. The van der Waals surface area contributed by atoms with Crippen LogP contribution in [0.15, 0.2) is 18.2 Å². The van der Waals surface area contributed by atoms with E-state index in [0.717, 1.165) is 5.69 Å². The van der Waals surface area contributed by atoms with Crippen LogP contribution < -0.4 is 15.5 Å². The Kier molecular flexibility index (Phi) is 4.29. The predicted molar refractivity (Wildman–Crippen MR) is 76.8 cm³/mol. The van der Waals surface area contributed by atoms with Gasteiger partial charge >= 0.3 is 0 Å². The number of hydrogen-bond donors (Lipinski definition) is 3. The molecule has 1 heterocycles. The Bertz CT molecular complexity index is 479. The number of nitrogens with zero attached hydrogens (tertiary/aromatic N) is 1. The lowest BCUT2D eigenvalue weighted by Crippen LogP contribution is -2.35. The molecular formula is C13H18ClN3O2. The van der Waals surface area contributed by atoms with Crippen molar-refractivity contribution in [3.05, 3.63) is 23.2 Å². The number of benzene rings is 1. The van der Waals surface area contributed by atoms with Crippen molar-refractivity contribution in [1.29, 1.82) is 0 Å². The Morgan fingerprint density at radius 3 is 2.79 bits per heavy atom. The van der Waals surface area contributed by atoms with Crippen LogP contribution >= 0.6 is 11.6 Å². The van der Waals surface area contributed by atoms with Crippen LogP contribution in [0.25, 0.3) is 0 Å². The van der Waals surface area contributed by atoms with Crippen molar-refractivity contribution < 1.29 is 9.90 Å². The van der Waals surface area contributed by atoms with Crippen molar-refractivity contribution in [2.75, 3.05) is 30.9 Å². The molecule has 6 heteroatoms. The molecule has 1 aliphatic heterocycles. The van der Waals surface area contributed by atoms with Crippen LogP contribution in [0.5, 0.6) is 0 Å². The van der Waals surface area contributed by atoms with E-state index in [2.05, 4.69) is 10.6 Å². The van der Waals surface area contributed by atoms with E-state index in [1.165, 1.54) is 0 Å². The van der Waals surface area contributed by atoms with Gasteiger partial charge in [-0.1, -0.05) is 11.6 Å². The summed E-state index contributed by atoms with van der Waals surface area (Å²) in [5.41, 5.74) is 1.55. The molecule has 1 aliphatic rings. The fourth-order valence-corrected chi connectivity index (χ4v) is 2.44. The molecule has 0 spiro atoms. The predicted octanol–water partition coefficient (Wildman–Crippen LogP) is 1.07. The summed E-state index contributed by atoms with van der Waals surface area (Å²) >= 11 is 6.14. The molecule has 0 bridgehead atoms. The van der Waals surface area contributed by atoms with Crippen LogP contribution in [0.1, 0.15) is 6.42 Å². The van der Waals surface area contributed by atoms with Crippen molar-refractivity contribution in [3.63, 3.8) is 0 Å². The second-order valence-electron chi connectivity index (χ2n) is 4.90. The highest BCUT2D eigenvalue weighted by molar-refractivity contribution is 6.33. The second kappa shape index (κ2) is 5.77. The van der Waals surface area contributed by atoms with E-state index in [4.69, 9.17) is 11.6 Å². The number of hydrogen-bond acceptors (Lipinski definition) is 4. The SMILES string of the molecule is CN(C)c1ccc(NC(=O)C2CC(O)CN2)cc1Cl. The smallest absolute Gasteiger partial charge is 0.241 e. The molecule has 0 aliphatic carbocycles. The van der Waals surface area contributed by atoms with Gasteiger partial charge in [0.15, 0.2) is 0 Å². The molecule has 0 radical (unpaired) electrons. The number of halogens is 1. The summed E-state index contributed by atoms with van der Waals surface area (Å²) in [6.45, 7) is 0.457. The van der Waals surface area contributed by atoms with Crippen LogP contribution in [0.3, 0.4) is 0 Å². The first kappa shape index (κ1) is 14.1. The van der Waals surface area contributed by atoms with E-state index in [1.807, 2.05) is 31.1 Å². The highest BCUT2D eigenvalue weighted by Crippen LogP contribution is 2.27. The second-order valence-corrected chi connectivity index (χ2v) is 5.31. The van der Waals surface area contributed by atoms with Gasteiger partial charge in [0.25, 0.3) is 0 Å². The van der Waals surface area contributed by atoms with Gasteiger partial charge in [-0.2, -0.15) is 0 Å². The minimum Gasteiger partial charge on any atom is -0.392 e. The maximum Gasteiger partial charge on any atom is 0.241 e. The summed E-state index contributed by atoms with van der Waals surface area (Å²) in [5.74, 6) is -0.148. The quantitative estimate of drug-likeness (QED) is 0.776. The van der Waals surface area contributed by atoms with Crippen molar-refractivity contribution >= 4 is 28.9 Å². The standard InChI is InChI=1S/C13H18ClN3O2/c1-17(2)12-4-3-8(5-10(12)14)16-13(19)11-6-9(18)7-15-11/h3-5,9,11,15,18H,6-7H2,1-2H3,(H,16,19). The van der Waals surface area contributed by atoms with E-state index in [-0.39, 0.29) is 11.9 Å². The molecular weight excluding hydrogens is 266 g/mol. The number of nitrogens with one attached hydrogen (secondary N) is 2. The minimum absolute atomic E-state index is 0.148. The molecule has 1 aromatic rings. The van der Waals surface area contributed by atoms with Crippen LogP contribution in [0.2, 0.25) is 5.02 Å². The average molecular weight is 284 g/mol. The van der Waals surface area contributed by atoms with Gasteiger partial charge in [0, 0.05) is 26.3 Å². The molecule has 2 unspecified atom stereocenters. The summed E-state index contributed by atoms with van der Waals surface area (Å²) in [4.78, 5) is 13.9. The highest BCUT2D eigenvalue weighted by atomic mass is 35.5. The van der Waals surface area contributed by atoms with Gasteiger partial charge < -0.3 is 20.6 Å². The first-order valence-electron chi connectivity index (χ1n) is 6.16. The van der Waals surface area contributed by atoms with Crippen molar-refractivity contribution in [1.82, 2.24) is 5.32 Å². The molecule has 0 aromatic heterocycles. The third-order valence-corrected chi connectivity index (χ3v) is 3.42. The van der Waals surface area contributed by atoms with Crippen LogP contribution in [-0.4, -0.2) is 43.8 Å². The van der Waals surface area contributed by atoms with Crippen molar-refractivity contribution in [2.45, 2.75) is 18.6 Å². The average Bonchev–Trinajstić information content (AvgIpc) is 2.75. The number of aliphatic hydroxyl groups excluding tert-OH is 1. The number of carbonyl (C=O) groups is 1. The van der Waals surface area contributed by atoms with Gasteiger partial charge in [-0.3, -0.25) is 4.79 Å². The van der Waals surface area contributed by atoms with Crippen LogP contribution in [-0.2, 0) is 4.79 Å². The number of rotatable bonds is 3. The number of β-amino-alcohol motifs (C(OH)–C–C–N with tert-alkyl or cyclic N) is 1. The topological polar surface area (TPSA) is 64.6 Å². The fraction of sp³-hybridized carbons (Fsp3) is 0.462. The Balaban J connectivity index is 2.03. The van der Waals surface area contributed by atoms with Gasteiger partial charge in [0.05, 0.1) is 22.9 Å². The maximum absolute atomic E-state index is 12.0. The third-order valence-electron chi connectivity index (χ3n) is 3.12. The van der Waals surface area contributed by atoms with Crippen LogP contribution in [0.4, 0.5) is 11.4 Å².